The highest BCUT2D eigenvalue weighted by molar-refractivity contribution is 9.10. The fourth-order valence-corrected chi connectivity index (χ4v) is 5.96. The standard InChI is InChI=1S/C15H13BrClNO2S2/c16-12-3-7-14(8-4-12)22(19,20)18-9-10-21-15(18)11-1-5-13(17)6-2-11/h1-8,15H,9-10H2/t15-/m1/s1. The lowest BCUT2D eigenvalue weighted by atomic mass is 10.2. The fourth-order valence-electron chi connectivity index (χ4n) is 2.33. The summed E-state index contributed by atoms with van der Waals surface area (Å²) in [6, 6.07) is 14.1. The highest BCUT2D eigenvalue weighted by Gasteiger charge is 2.36. The lowest BCUT2D eigenvalue weighted by molar-refractivity contribution is 0.434. The summed E-state index contributed by atoms with van der Waals surface area (Å²) in [7, 11) is -3.50. The zero-order valence-corrected chi connectivity index (χ0v) is 15.4. The minimum Gasteiger partial charge on any atom is -0.207 e. The van der Waals surface area contributed by atoms with Crippen LogP contribution in [0.15, 0.2) is 57.9 Å². The largest absolute Gasteiger partial charge is 0.244 e. The van der Waals surface area contributed by atoms with Crippen molar-refractivity contribution in [2.24, 2.45) is 0 Å². The highest BCUT2D eigenvalue weighted by Crippen LogP contribution is 2.41. The van der Waals surface area contributed by atoms with E-state index in [9.17, 15) is 8.42 Å². The predicted molar refractivity (Wildman–Crippen MR) is 94.7 cm³/mol. The average Bonchev–Trinajstić information content (AvgIpc) is 2.99. The van der Waals surface area contributed by atoms with Crippen LogP contribution in [0.5, 0.6) is 0 Å². The molecule has 1 fully saturated rings. The molecule has 1 saturated heterocycles. The number of thioether (sulfide) groups is 1. The number of halogens is 2. The molecule has 116 valence electrons. The van der Waals surface area contributed by atoms with Gasteiger partial charge in [-0.1, -0.05) is 39.7 Å². The maximum absolute atomic E-state index is 12.9. The van der Waals surface area contributed by atoms with E-state index in [2.05, 4.69) is 15.9 Å². The Hall–Kier alpha value is -0.530. The van der Waals surface area contributed by atoms with Crippen LogP contribution in [0.3, 0.4) is 0 Å². The average molecular weight is 419 g/mol. The minimum atomic E-state index is -3.50. The molecule has 22 heavy (non-hydrogen) atoms. The molecule has 2 aromatic carbocycles. The van der Waals surface area contributed by atoms with Crippen LogP contribution in [-0.2, 0) is 10.0 Å². The first kappa shape index (κ1) is 16.3. The van der Waals surface area contributed by atoms with Crippen molar-refractivity contribution in [3.8, 4) is 0 Å². The van der Waals surface area contributed by atoms with E-state index in [-0.39, 0.29) is 5.37 Å². The maximum atomic E-state index is 12.9. The summed E-state index contributed by atoms with van der Waals surface area (Å²) in [5.74, 6) is 0.781. The number of rotatable bonds is 3. The van der Waals surface area contributed by atoms with Gasteiger partial charge in [-0.3, -0.25) is 0 Å². The molecule has 0 amide bonds. The normalized spacial score (nSPS) is 19.5. The topological polar surface area (TPSA) is 37.4 Å². The summed E-state index contributed by atoms with van der Waals surface area (Å²) in [5.41, 5.74) is 0.951. The fraction of sp³-hybridized carbons (Fsp3) is 0.200. The van der Waals surface area contributed by atoms with E-state index in [1.165, 1.54) is 0 Å². The first-order valence-electron chi connectivity index (χ1n) is 6.63. The third-order valence-electron chi connectivity index (χ3n) is 3.42. The molecule has 2 aromatic rings. The van der Waals surface area contributed by atoms with E-state index in [4.69, 9.17) is 11.6 Å². The van der Waals surface area contributed by atoms with Gasteiger partial charge in [0.25, 0.3) is 0 Å². The van der Waals surface area contributed by atoms with Gasteiger partial charge < -0.3 is 0 Å². The zero-order valence-electron chi connectivity index (χ0n) is 11.4. The van der Waals surface area contributed by atoms with Crippen molar-refractivity contribution < 1.29 is 8.42 Å². The van der Waals surface area contributed by atoms with Crippen molar-refractivity contribution in [2.75, 3.05) is 12.3 Å². The summed E-state index contributed by atoms with van der Waals surface area (Å²) >= 11 is 10.9. The van der Waals surface area contributed by atoms with Crippen molar-refractivity contribution in [2.45, 2.75) is 10.3 Å². The van der Waals surface area contributed by atoms with Gasteiger partial charge in [-0.05, 0) is 42.0 Å². The Bertz CT molecular complexity index is 763. The van der Waals surface area contributed by atoms with Gasteiger partial charge in [-0.25, -0.2) is 8.42 Å². The monoisotopic (exact) mass is 417 g/mol. The van der Waals surface area contributed by atoms with E-state index < -0.39 is 10.0 Å². The molecule has 3 rings (SSSR count). The molecule has 0 N–H and O–H groups in total. The molecule has 7 heteroatoms. The van der Waals surface area contributed by atoms with Crippen LogP contribution in [0.1, 0.15) is 10.9 Å². The molecule has 1 atom stereocenters. The molecular weight excluding hydrogens is 406 g/mol. The van der Waals surface area contributed by atoms with E-state index in [1.54, 1.807) is 52.5 Å². The SMILES string of the molecule is O=S(=O)(c1ccc(Br)cc1)N1CCS[C@@H]1c1ccc(Cl)cc1. The van der Waals surface area contributed by atoms with Gasteiger partial charge >= 0.3 is 0 Å². The van der Waals surface area contributed by atoms with Crippen LogP contribution >= 0.6 is 39.3 Å². The van der Waals surface area contributed by atoms with Gasteiger partial charge in [0.15, 0.2) is 0 Å². The van der Waals surface area contributed by atoms with E-state index in [0.717, 1.165) is 15.8 Å². The summed E-state index contributed by atoms with van der Waals surface area (Å²) in [5, 5.41) is 0.444. The second-order valence-electron chi connectivity index (χ2n) is 4.84. The number of hydrogen-bond acceptors (Lipinski definition) is 3. The molecule has 0 unspecified atom stereocenters. The molecule has 0 aliphatic carbocycles. The number of hydrogen-bond donors (Lipinski definition) is 0. The smallest absolute Gasteiger partial charge is 0.207 e. The Morgan fingerprint density at radius 3 is 2.36 bits per heavy atom. The summed E-state index contributed by atoms with van der Waals surface area (Å²) in [6.07, 6.45) is 0. The molecular formula is C15H13BrClNO2S2. The van der Waals surface area contributed by atoms with Crippen molar-refractivity contribution in [3.63, 3.8) is 0 Å². The molecule has 1 aliphatic rings. The first-order valence-corrected chi connectivity index (χ1v) is 10.3. The molecule has 0 radical (unpaired) electrons. The van der Waals surface area contributed by atoms with Gasteiger partial charge in [0.1, 0.15) is 0 Å². The Kier molecular flexibility index (Phi) is 4.85. The number of nitrogens with zero attached hydrogens (tertiary/aromatic N) is 1. The van der Waals surface area contributed by atoms with Crippen molar-refractivity contribution in [1.29, 1.82) is 0 Å². The molecule has 0 bridgehead atoms. The van der Waals surface area contributed by atoms with Crippen LogP contribution in [0.4, 0.5) is 0 Å². The van der Waals surface area contributed by atoms with Crippen LogP contribution in [-0.4, -0.2) is 25.0 Å². The van der Waals surface area contributed by atoms with E-state index in [1.807, 2.05) is 12.1 Å². The van der Waals surface area contributed by atoms with Gasteiger partial charge in [-0.2, -0.15) is 4.31 Å². The highest BCUT2D eigenvalue weighted by atomic mass is 79.9. The lowest BCUT2D eigenvalue weighted by Gasteiger charge is -2.23. The Morgan fingerprint density at radius 2 is 1.73 bits per heavy atom. The summed E-state index contributed by atoms with van der Waals surface area (Å²) in [4.78, 5) is 0.317. The lowest BCUT2D eigenvalue weighted by Crippen LogP contribution is -2.30. The zero-order chi connectivity index (χ0) is 15.7. The van der Waals surface area contributed by atoms with Crippen LogP contribution in [0.2, 0.25) is 5.02 Å². The first-order chi connectivity index (χ1) is 10.5. The second-order valence-corrected chi connectivity index (χ2v) is 9.28. The van der Waals surface area contributed by atoms with Gasteiger partial charge in [-0.15, -0.1) is 11.8 Å². The molecule has 1 aliphatic heterocycles. The van der Waals surface area contributed by atoms with Crippen molar-refractivity contribution in [1.82, 2.24) is 4.31 Å². The van der Waals surface area contributed by atoms with E-state index in [0.29, 0.717) is 16.5 Å². The second kappa shape index (κ2) is 6.53. The molecule has 0 spiro atoms. The number of benzene rings is 2. The molecule has 0 saturated carbocycles. The Labute approximate surface area is 147 Å². The molecule has 1 heterocycles. The van der Waals surface area contributed by atoms with Gasteiger partial charge in [0.2, 0.25) is 10.0 Å². The van der Waals surface area contributed by atoms with Crippen LogP contribution < -0.4 is 0 Å². The Morgan fingerprint density at radius 1 is 1.09 bits per heavy atom. The minimum absolute atomic E-state index is 0.203. The number of sulfonamides is 1. The molecule has 3 nitrogen and oxygen atoms in total. The van der Waals surface area contributed by atoms with Crippen molar-refractivity contribution in [3.05, 3.63) is 63.6 Å². The maximum Gasteiger partial charge on any atom is 0.244 e. The molecule has 0 aromatic heterocycles. The third-order valence-corrected chi connectivity index (χ3v) is 7.48. The van der Waals surface area contributed by atoms with Crippen LogP contribution in [0.25, 0.3) is 0 Å². The van der Waals surface area contributed by atoms with Gasteiger partial charge in [0.05, 0.1) is 10.3 Å². The van der Waals surface area contributed by atoms with Gasteiger partial charge in [0, 0.05) is 21.8 Å². The van der Waals surface area contributed by atoms with Crippen molar-refractivity contribution >= 4 is 49.3 Å². The quantitative estimate of drug-likeness (QED) is 0.734. The van der Waals surface area contributed by atoms with E-state index >= 15 is 0 Å². The predicted octanol–water partition coefficient (Wildman–Crippen LogP) is 4.54. The third kappa shape index (κ3) is 3.21. The van der Waals surface area contributed by atoms with Crippen LogP contribution in [0, 0.1) is 0 Å². The summed E-state index contributed by atoms with van der Waals surface area (Å²) < 4.78 is 28.2. The summed E-state index contributed by atoms with van der Waals surface area (Å²) in [6.45, 7) is 0.510. The Balaban J connectivity index is 1.95.